The summed E-state index contributed by atoms with van der Waals surface area (Å²) in [6.45, 7) is 0. The average molecular weight is 322 g/mol. The minimum absolute atomic E-state index is 0.0856. The molecule has 1 amide bonds. The van der Waals surface area contributed by atoms with Crippen molar-refractivity contribution in [2.45, 2.75) is 37.8 Å². The van der Waals surface area contributed by atoms with Gasteiger partial charge in [0.2, 0.25) is 0 Å². The zero-order chi connectivity index (χ0) is 16.8. The van der Waals surface area contributed by atoms with Gasteiger partial charge in [0.1, 0.15) is 6.10 Å². The van der Waals surface area contributed by atoms with Gasteiger partial charge in [-0.15, -0.1) is 0 Å². The molecule has 0 bridgehead atoms. The number of nitrogens with zero attached hydrogens (tertiary/aromatic N) is 3. The molecule has 0 atom stereocenters. The molecular formula is C18H18N4O2. The van der Waals surface area contributed by atoms with E-state index in [1.165, 1.54) is 0 Å². The Balaban J connectivity index is 1.50. The maximum absolute atomic E-state index is 12.3. The van der Waals surface area contributed by atoms with E-state index in [2.05, 4.69) is 15.3 Å². The monoisotopic (exact) mass is 322 g/mol. The summed E-state index contributed by atoms with van der Waals surface area (Å²) in [5.41, 5.74) is 1.01. The minimum Gasteiger partial charge on any atom is -0.460 e. The Labute approximate surface area is 140 Å². The first-order valence-corrected chi connectivity index (χ1v) is 7.99. The van der Waals surface area contributed by atoms with E-state index in [9.17, 15) is 4.79 Å². The van der Waals surface area contributed by atoms with Gasteiger partial charge in [0.15, 0.2) is 0 Å². The van der Waals surface area contributed by atoms with Crippen LogP contribution in [-0.4, -0.2) is 28.0 Å². The number of hydrogen-bond acceptors (Lipinski definition) is 5. The number of hydrogen-bond donors (Lipinski definition) is 1. The zero-order valence-electron chi connectivity index (χ0n) is 13.2. The number of carbonyl (C=O) groups excluding carboxylic acids is 1. The molecule has 1 aliphatic rings. The van der Waals surface area contributed by atoms with Gasteiger partial charge in [-0.1, -0.05) is 6.07 Å². The van der Waals surface area contributed by atoms with Crippen LogP contribution in [0.2, 0.25) is 0 Å². The lowest BCUT2D eigenvalue weighted by molar-refractivity contribution is 0.0885. The maximum atomic E-state index is 12.3. The lowest BCUT2D eigenvalue weighted by Crippen LogP contribution is -2.39. The van der Waals surface area contributed by atoms with Crippen LogP contribution in [0.4, 0.5) is 0 Å². The van der Waals surface area contributed by atoms with Crippen molar-refractivity contribution < 1.29 is 9.53 Å². The maximum Gasteiger partial charge on any atom is 0.316 e. The predicted octanol–water partition coefficient (Wildman–Crippen LogP) is 2.47. The van der Waals surface area contributed by atoms with Crippen molar-refractivity contribution in [1.82, 2.24) is 15.3 Å². The van der Waals surface area contributed by atoms with Gasteiger partial charge in [-0.2, -0.15) is 5.26 Å². The van der Waals surface area contributed by atoms with Crippen molar-refractivity contribution in [1.29, 1.82) is 5.26 Å². The topological polar surface area (TPSA) is 87.9 Å². The molecule has 0 saturated heterocycles. The fourth-order valence-corrected chi connectivity index (χ4v) is 2.82. The van der Waals surface area contributed by atoms with E-state index in [-0.39, 0.29) is 18.1 Å². The van der Waals surface area contributed by atoms with E-state index in [4.69, 9.17) is 10.00 Å². The van der Waals surface area contributed by atoms with Crippen molar-refractivity contribution in [2.75, 3.05) is 0 Å². The molecule has 0 radical (unpaired) electrons. The van der Waals surface area contributed by atoms with Crippen molar-refractivity contribution in [3.63, 3.8) is 0 Å². The molecule has 122 valence electrons. The summed E-state index contributed by atoms with van der Waals surface area (Å²) in [5.74, 6) is -0.136. The van der Waals surface area contributed by atoms with Gasteiger partial charge in [-0.25, -0.2) is 9.97 Å². The molecule has 1 aromatic heterocycles. The van der Waals surface area contributed by atoms with Gasteiger partial charge in [0.25, 0.3) is 5.91 Å². The summed E-state index contributed by atoms with van der Waals surface area (Å²) >= 11 is 0. The molecule has 24 heavy (non-hydrogen) atoms. The van der Waals surface area contributed by atoms with Crippen LogP contribution in [0.3, 0.4) is 0 Å². The Bertz CT molecular complexity index is 734. The first-order chi connectivity index (χ1) is 11.7. The standard InChI is InChI=1S/C18H18N4O2/c19-12-13-3-1-4-14(11-13)17(23)22-15-5-7-16(8-6-15)24-18-20-9-2-10-21-18/h1-4,9-11,15-16H,5-8H2,(H,22,23). The second-order valence-electron chi connectivity index (χ2n) is 5.79. The summed E-state index contributed by atoms with van der Waals surface area (Å²) in [4.78, 5) is 20.4. The summed E-state index contributed by atoms with van der Waals surface area (Å²) in [7, 11) is 0. The third-order valence-corrected chi connectivity index (χ3v) is 4.08. The second-order valence-corrected chi connectivity index (χ2v) is 5.79. The molecule has 6 heteroatoms. The van der Waals surface area contributed by atoms with Gasteiger partial charge < -0.3 is 10.1 Å². The fraction of sp³-hybridized carbons (Fsp3) is 0.333. The summed E-state index contributed by atoms with van der Waals surface area (Å²) in [6, 6.07) is 11.1. The highest BCUT2D eigenvalue weighted by Crippen LogP contribution is 2.22. The SMILES string of the molecule is N#Cc1cccc(C(=O)NC2CCC(Oc3ncccn3)CC2)c1. The van der Waals surface area contributed by atoms with Crippen molar-refractivity contribution >= 4 is 5.91 Å². The Morgan fingerprint density at radius 2 is 1.92 bits per heavy atom. The first-order valence-electron chi connectivity index (χ1n) is 7.99. The summed E-state index contributed by atoms with van der Waals surface area (Å²) < 4.78 is 5.75. The van der Waals surface area contributed by atoms with Gasteiger partial charge >= 0.3 is 6.01 Å². The van der Waals surface area contributed by atoms with Crippen molar-refractivity contribution in [3.05, 3.63) is 53.9 Å². The van der Waals surface area contributed by atoms with E-state index >= 15 is 0 Å². The predicted molar refractivity (Wildman–Crippen MR) is 87.3 cm³/mol. The summed E-state index contributed by atoms with van der Waals surface area (Å²) in [6.07, 6.45) is 6.79. The van der Waals surface area contributed by atoms with E-state index in [1.807, 2.05) is 6.07 Å². The van der Waals surface area contributed by atoms with E-state index in [1.54, 1.807) is 42.7 Å². The fourth-order valence-electron chi connectivity index (χ4n) is 2.82. The Hall–Kier alpha value is -2.94. The second kappa shape index (κ2) is 7.55. The average Bonchev–Trinajstić information content (AvgIpc) is 2.64. The first kappa shape index (κ1) is 15.9. The molecule has 1 aliphatic carbocycles. The van der Waals surface area contributed by atoms with Crippen LogP contribution < -0.4 is 10.1 Å². The number of carbonyl (C=O) groups is 1. The van der Waals surface area contributed by atoms with Crippen LogP contribution in [0.5, 0.6) is 6.01 Å². The van der Waals surface area contributed by atoms with Crippen molar-refractivity contribution in [3.8, 4) is 12.1 Å². The molecule has 1 N–H and O–H groups in total. The lowest BCUT2D eigenvalue weighted by Gasteiger charge is -2.28. The van der Waals surface area contributed by atoms with Gasteiger partial charge in [-0.3, -0.25) is 4.79 Å². The molecule has 1 heterocycles. The van der Waals surface area contributed by atoms with Crippen LogP contribution in [0.25, 0.3) is 0 Å². The molecule has 3 rings (SSSR count). The number of nitriles is 1. The van der Waals surface area contributed by atoms with E-state index < -0.39 is 0 Å². The third-order valence-electron chi connectivity index (χ3n) is 4.08. The zero-order valence-corrected chi connectivity index (χ0v) is 13.2. The Kier molecular flexibility index (Phi) is 5.02. The molecule has 1 aromatic carbocycles. The number of ether oxygens (including phenoxy) is 1. The lowest BCUT2D eigenvalue weighted by atomic mass is 9.92. The Morgan fingerprint density at radius 3 is 2.62 bits per heavy atom. The molecule has 1 fully saturated rings. The van der Waals surface area contributed by atoms with Crippen LogP contribution in [0, 0.1) is 11.3 Å². The highest BCUT2D eigenvalue weighted by atomic mass is 16.5. The molecule has 1 saturated carbocycles. The smallest absolute Gasteiger partial charge is 0.316 e. The number of benzene rings is 1. The van der Waals surface area contributed by atoms with Crippen molar-refractivity contribution in [2.24, 2.45) is 0 Å². The van der Waals surface area contributed by atoms with Crippen LogP contribution in [0.15, 0.2) is 42.7 Å². The molecule has 0 aliphatic heterocycles. The van der Waals surface area contributed by atoms with Gasteiger partial charge in [0.05, 0.1) is 11.6 Å². The number of nitrogens with one attached hydrogen (secondary N) is 1. The van der Waals surface area contributed by atoms with Crippen LogP contribution in [0.1, 0.15) is 41.6 Å². The summed E-state index contributed by atoms with van der Waals surface area (Å²) in [5, 5.41) is 11.9. The number of rotatable bonds is 4. The third kappa shape index (κ3) is 4.07. The van der Waals surface area contributed by atoms with Gasteiger partial charge in [-0.05, 0) is 49.9 Å². The quantitative estimate of drug-likeness (QED) is 0.934. The highest BCUT2D eigenvalue weighted by Gasteiger charge is 2.24. The Morgan fingerprint density at radius 1 is 1.17 bits per heavy atom. The number of aromatic nitrogens is 2. The van der Waals surface area contributed by atoms with Gasteiger partial charge in [0, 0.05) is 24.0 Å². The molecule has 2 aromatic rings. The van der Waals surface area contributed by atoms with Crippen LogP contribution >= 0.6 is 0 Å². The molecule has 0 unspecified atom stereocenters. The normalized spacial score (nSPS) is 20.0. The van der Waals surface area contributed by atoms with E-state index in [0.29, 0.717) is 17.1 Å². The minimum atomic E-state index is -0.136. The molecule has 6 nitrogen and oxygen atoms in total. The highest BCUT2D eigenvalue weighted by molar-refractivity contribution is 5.94. The molecule has 0 spiro atoms. The van der Waals surface area contributed by atoms with E-state index in [0.717, 1.165) is 25.7 Å². The number of amides is 1. The molecular weight excluding hydrogens is 304 g/mol. The van der Waals surface area contributed by atoms with Crippen LogP contribution in [-0.2, 0) is 0 Å². The largest absolute Gasteiger partial charge is 0.460 e.